The Morgan fingerprint density at radius 2 is 2.20 bits per heavy atom. The first kappa shape index (κ1) is 11.7. The van der Waals surface area contributed by atoms with E-state index >= 15 is 0 Å². The van der Waals surface area contributed by atoms with Crippen molar-refractivity contribution >= 4 is 5.97 Å². The molecule has 1 aromatic rings. The summed E-state index contributed by atoms with van der Waals surface area (Å²) in [4.78, 5) is 10.8. The Morgan fingerprint density at radius 3 is 2.67 bits per heavy atom. The van der Waals surface area contributed by atoms with Gasteiger partial charge in [0.2, 0.25) is 0 Å². The highest BCUT2D eigenvalue weighted by Crippen LogP contribution is 2.19. The lowest BCUT2D eigenvalue weighted by atomic mass is 10.0. The molecule has 0 radical (unpaired) electrons. The summed E-state index contributed by atoms with van der Waals surface area (Å²) in [6, 6.07) is 5.90. The molecular weight excluding hydrogens is 190 g/mol. The number of ether oxygens (including phenoxy) is 1. The fraction of sp³-hybridized carbons (Fsp3) is 0.417. The molecule has 0 spiro atoms. The molecule has 82 valence electrons. The number of hydrogen-bond donors (Lipinski definition) is 1. The van der Waals surface area contributed by atoms with E-state index in [1.807, 2.05) is 32.0 Å². The summed E-state index contributed by atoms with van der Waals surface area (Å²) in [5, 5.41) is 0. The van der Waals surface area contributed by atoms with Crippen molar-refractivity contribution in [3.05, 3.63) is 29.3 Å². The Hall–Kier alpha value is -1.35. The van der Waals surface area contributed by atoms with Crippen LogP contribution in [-0.2, 0) is 11.2 Å². The molecule has 0 saturated heterocycles. The lowest BCUT2D eigenvalue weighted by Crippen LogP contribution is -2.17. The summed E-state index contributed by atoms with van der Waals surface area (Å²) >= 11 is 0. The van der Waals surface area contributed by atoms with E-state index in [1.54, 1.807) is 0 Å². The van der Waals surface area contributed by atoms with Crippen molar-refractivity contribution in [1.29, 1.82) is 0 Å². The molecule has 2 N–H and O–H groups in total. The van der Waals surface area contributed by atoms with Crippen LogP contribution in [-0.4, -0.2) is 12.0 Å². The lowest BCUT2D eigenvalue weighted by molar-refractivity contribution is -0.131. The minimum Gasteiger partial charge on any atom is -0.426 e. The predicted molar refractivity (Wildman–Crippen MR) is 59.8 cm³/mol. The van der Waals surface area contributed by atoms with Crippen LogP contribution in [0.5, 0.6) is 5.75 Å². The van der Waals surface area contributed by atoms with Gasteiger partial charge in [0.05, 0.1) is 0 Å². The van der Waals surface area contributed by atoms with E-state index < -0.39 is 0 Å². The number of rotatable bonds is 3. The van der Waals surface area contributed by atoms with Crippen molar-refractivity contribution in [2.24, 2.45) is 5.73 Å². The maximum atomic E-state index is 10.8. The normalized spacial score (nSPS) is 12.3. The number of hydrogen-bond acceptors (Lipinski definition) is 3. The fourth-order valence-corrected chi connectivity index (χ4v) is 1.48. The van der Waals surface area contributed by atoms with Gasteiger partial charge in [-0.1, -0.05) is 12.1 Å². The Morgan fingerprint density at radius 1 is 1.53 bits per heavy atom. The van der Waals surface area contributed by atoms with Crippen molar-refractivity contribution in [3.63, 3.8) is 0 Å². The predicted octanol–water partition coefficient (Wildman–Crippen LogP) is 1.81. The molecular formula is C12H17NO2. The SMILES string of the molecule is CC(=O)Oc1ccc(C[C@@H](C)N)cc1C. The summed E-state index contributed by atoms with van der Waals surface area (Å²) in [5.74, 6) is 0.328. The van der Waals surface area contributed by atoms with Gasteiger partial charge in [0.25, 0.3) is 0 Å². The minimum absolute atomic E-state index is 0.143. The topological polar surface area (TPSA) is 52.3 Å². The number of aryl methyl sites for hydroxylation is 1. The molecule has 0 fully saturated rings. The van der Waals surface area contributed by atoms with E-state index in [2.05, 4.69) is 0 Å². The van der Waals surface area contributed by atoms with Gasteiger partial charge in [-0.25, -0.2) is 0 Å². The zero-order valence-electron chi connectivity index (χ0n) is 9.41. The van der Waals surface area contributed by atoms with Gasteiger partial charge in [0.1, 0.15) is 5.75 Å². The minimum atomic E-state index is -0.293. The molecule has 0 amide bonds. The third-order valence-corrected chi connectivity index (χ3v) is 2.05. The molecule has 1 atom stereocenters. The third kappa shape index (κ3) is 3.72. The summed E-state index contributed by atoms with van der Waals surface area (Å²) < 4.78 is 5.03. The van der Waals surface area contributed by atoms with Crippen molar-refractivity contribution in [2.45, 2.75) is 33.2 Å². The number of carbonyl (C=O) groups excluding carboxylic acids is 1. The first-order valence-electron chi connectivity index (χ1n) is 5.02. The van der Waals surface area contributed by atoms with Gasteiger partial charge in [0, 0.05) is 13.0 Å². The highest BCUT2D eigenvalue weighted by molar-refractivity contribution is 5.69. The lowest BCUT2D eigenvalue weighted by Gasteiger charge is -2.09. The largest absolute Gasteiger partial charge is 0.426 e. The van der Waals surface area contributed by atoms with E-state index in [0.717, 1.165) is 12.0 Å². The van der Waals surface area contributed by atoms with Gasteiger partial charge in [-0.3, -0.25) is 4.79 Å². The van der Waals surface area contributed by atoms with Crippen molar-refractivity contribution in [1.82, 2.24) is 0 Å². The Bertz CT molecular complexity index is 359. The Kier molecular flexibility index (Phi) is 3.86. The van der Waals surface area contributed by atoms with Crippen LogP contribution < -0.4 is 10.5 Å². The van der Waals surface area contributed by atoms with E-state index in [9.17, 15) is 4.79 Å². The number of carbonyl (C=O) groups is 1. The molecule has 0 aliphatic rings. The second-order valence-electron chi connectivity index (χ2n) is 3.87. The molecule has 0 bridgehead atoms. The molecule has 0 saturated carbocycles. The molecule has 1 aromatic carbocycles. The quantitative estimate of drug-likeness (QED) is 0.607. The standard InChI is InChI=1S/C12H17NO2/c1-8-6-11(7-9(2)13)4-5-12(8)15-10(3)14/h4-6,9H,7,13H2,1-3H3/t9-/m1/s1. The smallest absolute Gasteiger partial charge is 0.308 e. The fourth-order valence-electron chi connectivity index (χ4n) is 1.48. The molecule has 3 heteroatoms. The van der Waals surface area contributed by atoms with Gasteiger partial charge in [-0.05, 0) is 37.5 Å². The van der Waals surface area contributed by atoms with Gasteiger partial charge >= 0.3 is 5.97 Å². The van der Waals surface area contributed by atoms with E-state index in [1.165, 1.54) is 12.5 Å². The molecule has 1 rings (SSSR count). The number of nitrogens with two attached hydrogens (primary N) is 1. The highest BCUT2D eigenvalue weighted by atomic mass is 16.5. The summed E-state index contributed by atoms with van der Waals surface area (Å²) in [7, 11) is 0. The van der Waals surface area contributed by atoms with Crippen LogP contribution in [0, 0.1) is 6.92 Å². The number of esters is 1. The Balaban J connectivity index is 2.83. The van der Waals surface area contributed by atoms with E-state index in [4.69, 9.17) is 10.5 Å². The summed E-state index contributed by atoms with van der Waals surface area (Å²) in [5.41, 5.74) is 7.83. The van der Waals surface area contributed by atoms with Crippen LogP contribution in [0.1, 0.15) is 25.0 Å². The van der Waals surface area contributed by atoms with E-state index in [0.29, 0.717) is 5.75 Å². The first-order valence-corrected chi connectivity index (χ1v) is 5.02. The number of benzene rings is 1. The Labute approximate surface area is 90.2 Å². The van der Waals surface area contributed by atoms with Crippen molar-refractivity contribution in [2.75, 3.05) is 0 Å². The zero-order valence-corrected chi connectivity index (χ0v) is 9.41. The monoisotopic (exact) mass is 207 g/mol. The van der Waals surface area contributed by atoms with Gasteiger partial charge in [-0.2, -0.15) is 0 Å². The first-order chi connectivity index (χ1) is 6.99. The third-order valence-electron chi connectivity index (χ3n) is 2.05. The van der Waals surface area contributed by atoms with Crippen LogP contribution in [0.2, 0.25) is 0 Å². The van der Waals surface area contributed by atoms with Crippen LogP contribution >= 0.6 is 0 Å². The van der Waals surface area contributed by atoms with E-state index in [-0.39, 0.29) is 12.0 Å². The van der Waals surface area contributed by atoms with Gasteiger partial charge in [-0.15, -0.1) is 0 Å². The van der Waals surface area contributed by atoms with Crippen LogP contribution in [0.3, 0.4) is 0 Å². The van der Waals surface area contributed by atoms with Crippen LogP contribution in [0.4, 0.5) is 0 Å². The zero-order chi connectivity index (χ0) is 11.4. The molecule has 0 aliphatic carbocycles. The molecule has 15 heavy (non-hydrogen) atoms. The molecule has 0 unspecified atom stereocenters. The average Bonchev–Trinajstić information content (AvgIpc) is 2.08. The average molecular weight is 207 g/mol. The molecule has 3 nitrogen and oxygen atoms in total. The summed E-state index contributed by atoms with van der Waals surface area (Å²) in [6.07, 6.45) is 0.835. The maximum absolute atomic E-state index is 10.8. The van der Waals surface area contributed by atoms with Gasteiger partial charge < -0.3 is 10.5 Å². The highest BCUT2D eigenvalue weighted by Gasteiger charge is 2.04. The second-order valence-corrected chi connectivity index (χ2v) is 3.87. The second kappa shape index (κ2) is 4.94. The van der Waals surface area contributed by atoms with Crippen LogP contribution in [0.15, 0.2) is 18.2 Å². The summed E-state index contributed by atoms with van der Waals surface area (Å²) in [6.45, 7) is 5.29. The molecule has 0 aromatic heterocycles. The molecule has 0 aliphatic heterocycles. The molecule has 0 heterocycles. The maximum Gasteiger partial charge on any atom is 0.308 e. The van der Waals surface area contributed by atoms with Crippen molar-refractivity contribution in [3.8, 4) is 5.75 Å². The van der Waals surface area contributed by atoms with Gasteiger partial charge in [0.15, 0.2) is 0 Å². The van der Waals surface area contributed by atoms with Crippen LogP contribution in [0.25, 0.3) is 0 Å². The van der Waals surface area contributed by atoms with Crippen molar-refractivity contribution < 1.29 is 9.53 Å².